The van der Waals surface area contributed by atoms with Crippen molar-refractivity contribution in [3.63, 3.8) is 0 Å². The third-order valence-electron chi connectivity index (χ3n) is 4.59. The molecule has 2 fully saturated rings. The molecule has 5 nitrogen and oxygen atoms in total. The van der Waals surface area contributed by atoms with Gasteiger partial charge < -0.3 is 15.5 Å². The number of nitrogens with zero attached hydrogens (tertiary/aromatic N) is 2. The Morgan fingerprint density at radius 1 is 1.32 bits per heavy atom. The van der Waals surface area contributed by atoms with Crippen molar-refractivity contribution < 1.29 is 4.79 Å². The molecule has 126 valence electrons. The van der Waals surface area contributed by atoms with Crippen LogP contribution in [-0.2, 0) is 4.79 Å². The summed E-state index contributed by atoms with van der Waals surface area (Å²) in [5.74, 6) is 2.70. The van der Waals surface area contributed by atoms with E-state index in [4.69, 9.17) is 0 Å². The summed E-state index contributed by atoms with van der Waals surface area (Å²) >= 11 is 1.86. The van der Waals surface area contributed by atoms with Gasteiger partial charge in [0.15, 0.2) is 5.96 Å². The van der Waals surface area contributed by atoms with Crippen LogP contribution in [0.1, 0.15) is 38.5 Å². The molecule has 1 amide bonds. The van der Waals surface area contributed by atoms with Crippen molar-refractivity contribution in [1.82, 2.24) is 15.5 Å². The van der Waals surface area contributed by atoms with Gasteiger partial charge in [-0.15, -0.1) is 0 Å². The summed E-state index contributed by atoms with van der Waals surface area (Å²) in [6, 6.07) is 0.331. The van der Waals surface area contributed by atoms with Crippen molar-refractivity contribution in [2.24, 2.45) is 10.9 Å². The second-order valence-corrected chi connectivity index (χ2v) is 7.23. The van der Waals surface area contributed by atoms with E-state index in [0.29, 0.717) is 17.9 Å². The number of rotatable bonds is 6. The molecule has 1 unspecified atom stereocenters. The van der Waals surface area contributed by atoms with Crippen molar-refractivity contribution in [3.8, 4) is 0 Å². The predicted octanol–water partition coefficient (Wildman–Crippen LogP) is 1.70. The van der Waals surface area contributed by atoms with Crippen LogP contribution in [0, 0.1) is 5.92 Å². The van der Waals surface area contributed by atoms with Crippen LogP contribution in [0.4, 0.5) is 0 Å². The average Bonchev–Trinajstić information content (AvgIpc) is 3.21. The van der Waals surface area contributed by atoms with Crippen LogP contribution in [0.2, 0.25) is 0 Å². The largest absolute Gasteiger partial charge is 0.356 e. The minimum atomic E-state index is 0.294. The maximum Gasteiger partial charge on any atom is 0.225 e. The first kappa shape index (κ1) is 17.4. The fourth-order valence-electron chi connectivity index (χ4n) is 3.32. The molecule has 1 atom stereocenters. The SMILES string of the molecule is CN=C(NCCCSC)NC1CCN(C(=O)C2CCCC2)C1. The third kappa shape index (κ3) is 5.07. The van der Waals surface area contributed by atoms with E-state index >= 15 is 0 Å². The number of hydrogen-bond acceptors (Lipinski definition) is 3. The summed E-state index contributed by atoms with van der Waals surface area (Å²) < 4.78 is 0. The molecule has 1 saturated carbocycles. The van der Waals surface area contributed by atoms with Crippen molar-refractivity contribution in [1.29, 1.82) is 0 Å². The first-order chi connectivity index (χ1) is 10.7. The summed E-state index contributed by atoms with van der Waals surface area (Å²) in [6.45, 7) is 2.65. The summed E-state index contributed by atoms with van der Waals surface area (Å²) in [4.78, 5) is 18.8. The molecule has 2 rings (SSSR count). The molecule has 6 heteroatoms. The molecule has 0 aromatic rings. The fourth-order valence-corrected chi connectivity index (χ4v) is 3.75. The highest BCUT2D eigenvalue weighted by molar-refractivity contribution is 7.98. The van der Waals surface area contributed by atoms with Crippen LogP contribution in [0.3, 0.4) is 0 Å². The normalized spacial score (nSPS) is 23.1. The first-order valence-electron chi connectivity index (χ1n) is 8.49. The number of nitrogens with one attached hydrogen (secondary N) is 2. The quantitative estimate of drug-likeness (QED) is 0.443. The van der Waals surface area contributed by atoms with E-state index in [1.807, 2.05) is 11.8 Å². The van der Waals surface area contributed by atoms with Gasteiger partial charge in [0.05, 0.1) is 0 Å². The number of guanidine groups is 1. The average molecular weight is 327 g/mol. The van der Waals surface area contributed by atoms with Crippen LogP contribution in [-0.4, -0.2) is 61.5 Å². The van der Waals surface area contributed by atoms with Crippen LogP contribution >= 0.6 is 11.8 Å². The minimum absolute atomic E-state index is 0.294. The Morgan fingerprint density at radius 3 is 2.77 bits per heavy atom. The van der Waals surface area contributed by atoms with E-state index in [-0.39, 0.29) is 0 Å². The van der Waals surface area contributed by atoms with E-state index < -0.39 is 0 Å². The first-order valence-corrected chi connectivity index (χ1v) is 9.89. The van der Waals surface area contributed by atoms with Crippen LogP contribution in [0.25, 0.3) is 0 Å². The molecule has 22 heavy (non-hydrogen) atoms. The lowest BCUT2D eigenvalue weighted by atomic mass is 10.1. The highest BCUT2D eigenvalue weighted by Crippen LogP contribution is 2.27. The molecule has 1 heterocycles. The van der Waals surface area contributed by atoms with Gasteiger partial charge in [-0.05, 0) is 37.7 Å². The molecule has 0 spiro atoms. The molecule has 1 saturated heterocycles. The zero-order chi connectivity index (χ0) is 15.8. The van der Waals surface area contributed by atoms with Crippen molar-refractivity contribution in [3.05, 3.63) is 0 Å². The van der Waals surface area contributed by atoms with Crippen LogP contribution < -0.4 is 10.6 Å². The predicted molar refractivity (Wildman–Crippen MR) is 94.4 cm³/mol. The number of likely N-dealkylation sites (tertiary alicyclic amines) is 1. The van der Waals surface area contributed by atoms with E-state index in [0.717, 1.165) is 57.0 Å². The number of amides is 1. The van der Waals surface area contributed by atoms with E-state index in [2.05, 4.69) is 26.8 Å². The van der Waals surface area contributed by atoms with Gasteiger partial charge in [-0.1, -0.05) is 12.8 Å². The summed E-state index contributed by atoms with van der Waals surface area (Å²) in [5, 5.41) is 6.81. The van der Waals surface area contributed by atoms with E-state index in [9.17, 15) is 4.79 Å². The Hall–Kier alpha value is -0.910. The lowest BCUT2D eigenvalue weighted by Gasteiger charge is -2.21. The second kappa shape index (κ2) is 9.28. The van der Waals surface area contributed by atoms with Gasteiger partial charge >= 0.3 is 0 Å². The van der Waals surface area contributed by atoms with Gasteiger partial charge in [0.1, 0.15) is 0 Å². The van der Waals surface area contributed by atoms with Gasteiger partial charge in [0.2, 0.25) is 5.91 Å². The molecule has 1 aliphatic carbocycles. The monoisotopic (exact) mass is 326 g/mol. The van der Waals surface area contributed by atoms with Gasteiger partial charge in [-0.25, -0.2) is 0 Å². The second-order valence-electron chi connectivity index (χ2n) is 6.24. The summed E-state index contributed by atoms with van der Waals surface area (Å²) in [5.41, 5.74) is 0. The lowest BCUT2D eigenvalue weighted by Crippen LogP contribution is -2.45. The number of carbonyl (C=O) groups is 1. The molecular formula is C16H30N4OS. The highest BCUT2D eigenvalue weighted by atomic mass is 32.2. The number of thioether (sulfide) groups is 1. The Balaban J connectivity index is 1.71. The molecule has 1 aliphatic heterocycles. The van der Waals surface area contributed by atoms with Crippen molar-refractivity contribution in [2.45, 2.75) is 44.6 Å². The van der Waals surface area contributed by atoms with Gasteiger partial charge in [-0.3, -0.25) is 9.79 Å². The third-order valence-corrected chi connectivity index (χ3v) is 5.28. The summed E-state index contributed by atoms with van der Waals surface area (Å²) in [7, 11) is 1.81. The fraction of sp³-hybridized carbons (Fsp3) is 0.875. The van der Waals surface area contributed by atoms with E-state index in [1.54, 1.807) is 7.05 Å². The molecule has 2 N–H and O–H groups in total. The zero-order valence-electron chi connectivity index (χ0n) is 13.9. The Labute approximate surface area is 138 Å². The molecular weight excluding hydrogens is 296 g/mol. The Morgan fingerprint density at radius 2 is 2.09 bits per heavy atom. The highest BCUT2D eigenvalue weighted by Gasteiger charge is 2.32. The minimum Gasteiger partial charge on any atom is -0.356 e. The van der Waals surface area contributed by atoms with Crippen LogP contribution in [0.5, 0.6) is 0 Å². The number of aliphatic imine (C=N–C) groups is 1. The van der Waals surface area contributed by atoms with Gasteiger partial charge in [-0.2, -0.15) is 11.8 Å². The van der Waals surface area contributed by atoms with Crippen molar-refractivity contribution >= 4 is 23.6 Å². The van der Waals surface area contributed by atoms with Crippen LogP contribution in [0.15, 0.2) is 4.99 Å². The summed E-state index contributed by atoms with van der Waals surface area (Å²) in [6.07, 6.45) is 8.90. The molecule has 0 bridgehead atoms. The Kier molecular flexibility index (Phi) is 7.36. The zero-order valence-corrected chi connectivity index (χ0v) is 14.8. The maximum atomic E-state index is 12.4. The number of hydrogen-bond donors (Lipinski definition) is 2. The smallest absolute Gasteiger partial charge is 0.225 e. The number of carbonyl (C=O) groups excluding carboxylic acids is 1. The molecule has 0 radical (unpaired) electrons. The van der Waals surface area contributed by atoms with E-state index in [1.165, 1.54) is 12.8 Å². The van der Waals surface area contributed by atoms with Gasteiger partial charge in [0, 0.05) is 38.6 Å². The molecule has 0 aromatic heterocycles. The van der Waals surface area contributed by atoms with Crippen molar-refractivity contribution in [2.75, 3.05) is 38.7 Å². The topological polar surface area (TPSA) is 56.7 Å². The Bertz CT molecular complexity index is 382. The lowest BCUT2D eigenvalue weighted by molar-refractivity contribution is -0.134. The molecule has 2 aliphatic rings. The van der Waals surface area contributed by atoms with Gasteiger partial charge in [0.25, 0.3) is 0 Å². The molecule has 0 aromatic carbocycles. The maximum absolute atomic E-state index is 12.4. The standard InChI is InChI=1S/C16H30N4OS/c1-17-16(18-9-5-11-22-2)19-14-8-10-20(12-14)15(21)13-6-3-4-7-13/h13-14H,3-12H2,1-2H3,(H2,17,18,19).